The molecule has 0 aliphatic carbocycles. The fraction of sp³-hybridized carbons (Fsp3) is 0.933. The summed E-state index contributed by atoms with van der Waals surface area (Å²) in [6.07, 6.45) is 5.35. The molecule has 2 aliphatic rings. The predicted molar refractivity (Wildman–Crippen MR) is 76.0 cm³/mol. The van der Waals surface area contributed by atoms with E-state index in [9.17, 15) is 4.79 Å². The molecule has 0 aromatic rings. The van der Waals surface area contributed by atoms with Crippen LogP contribution in [0.25, 0.3) is 0 Å². The SMILES string of the molecule is CC1CC(NC(=O)CC(C)C2CCCNC2)CCO1. The van der Waals surface area contributed by atoms with Crippen molar-refractivity contribution in [3.8, 4) is 0 Å². The van der Waals surface area contributed by atoms with Crippen LogP contribution >= 0.6 is 0 Å². The van der Waals surface area contributed by atoms with Crippen molar-refractivity contribution in [2.45, 2.75) is 58.1 Å². The summed E-state index contributed by atoms with van der Waals surface area (Å²) in [5.74, 6) is 1.36. The third-order valence-electron chi connectivity index (χ3n) is 4.50. The van der Waals surface area contributed by atoms with E-state index in [-0.39, 0.29) is 12.0 Å². The van der Waals surface area contributed by atoms with Crippen molar-refractivity contribution in [2.24, 2.45) is 11.8 Å². The molecule has 0 bridgehead atoms. The second-order valence-corrected chi connectivity index (χ2v) is 6.26. The summed E-state index contributed by atoms with van der Waals surface area (Å²) in [7, 11) is 0. The van der Waals surface area contributed by atoms with Crippen LogP contribution in [0, 0.1) is 11.8 Å². The molecule has 1 amide bonds. The Hall–Kier alpha value is -0.610. The van der Waals surface area contributed by atoms with Crippen LogP contribution in [0.15, 0.2) is 0 Å². The molecule has 2 rings (SSSR count). The molecule has 2 N–H and O–H groups in total. The highest BCUT2D eigenvalue weighted by atomic mass is 16.5. The summed E-state index contributed by atoms with van der Waals surface area (Å²) in [6, 6.07) is 0.313. The highest BCUT2D eigenvalue weighted by molar-refractivity contribution is 5.76. The quantitative estimate of drug-likeness (QED) is 0.816. The monoisotopic (exact) mass is 268 g/mol. The van der Waals surface area contributed by atoms with E-state index < -0.39 is 0 Å². The summed E-state index contributed by atoms with van der Waals surface area (Å²) in [6.45, 7) is 7.27. The van der Waals surface area contributed by atoms with Gasteiger partial charge in [0.25, 0.3) is 0 Å². The minimum Gasteiger partial charge on any atom is -0.378 e. The molecule has 0 radical (unpaired) electrons. The summed E-state index contributed by atoms with van der Waals surface area (Å²) in [5.41, 5.74) is 0. The van der Waals surface area contributed by atoms with E-state index in [0.29, 0.717) is 24.3 Å². The van der Waals surface area contributed by atoms with Crippen molar-refractivity contribution < 1.29 is 9.53 Å². The van der Waals surface area contributed by atoms with Gasteiger partial charge >= 0.3 is 0 Å². The van der Waals surface area contributed by atoms with Crippen molar-refractivity contribution in [3.05, 3.63) is 0 Å². The minimum absolute atomic E-state index is 0.220. The van der Waals surface area contributed by atoms with E-state index >= 15 is 0 Å². The number of hydrogen-bond acceptors (Lipinski definition) is 3. The van der Waals surface area contributed by atoms with Gasteiger partial charge in [0.1, 0.15) is 0 Å². The fourth-order valence-electron chi connectivity index (χ4n) is 3.24. The Labute approximate surface area is 116 Å². The number of piperidine rings is 1. The summed E-state index contributed by atoms with van der Waals surface area (Å²) < 4.78 is 5.51. The first kappa shape index (κ1) is 14.8. The smallest absolute Gasteiger partial charge is 0.220 e. The van der Waals surface area contributed by atoms with Gasteiger partial charge in [-0.3, -0.25) is 4.79 Å². The highest BCUT2D eigenvalue weighted by Gasteiger charge is 2.24. The Morgan fingerprint density at radius 1 is 1.47 bits per heavy atom. The van der Waals surface area contributed by atoms with Crippen molar-refractivity contribution in [3.63, 3.8) is 0 Å². The Bertz CT molecular complexity index is 290. The van der Waals surface area contributed by atoms with Gasteiger partial charge in [-0.15, -0.1) is 0 Å². The van der Waals surface area contributed by atoms with Crippen molar-refractivity contribution in [2.75, 3.05) is 19.7 Å². The molecule has 2 saturated heterocycles. The Morgan fingerprint density at radius 3 is 3.00 bits per heavy atom. The number of hydrogen-bond donors (Lipinski definition) is 2. The average Bonchev–Trinajstić information content (AvgIpc) is 2.39. The maximum Gasteiger partial charge on any atom is 0.220 e. The Kier molecular flexibility index (Phi) is 5.64. The number of nitrogens with one attached hydrogen (secondary N) is 2. The molecule has 19 heavy (non-hydrogen) atoms. The van der Waals surface area contributed by atoms with Crippen LogP contribution in [0.1, 0.15) is 46.0 Å². The van der Waals surface area contributed by atoms with Gasteiger partial charge in [0, 0.05) is 19.1 Å². The van der Waals surface area contributed by atoms with Crippen molar-refractivity contribution in [1.29, 1.82) is 0 Å². The molecule has 0 saturated carbocycles. The zero-order valence-electron chi connectivity index (χ0n) is 12.3. The average molecular weight is 268 g/mol. The third-order valence-corrected chi connectivity index (χ3v) is 4.50. The van der Waals surface area contributed by atoms with Crippen LogP contribution in [0.3, 0.4) is 0 Å². The lowest BCUT2D eigenvalue weighted by Crippen LogP contribution is -2.42. The van der Waals surface area contributed by atoms with E-state index in [2.05, 4.69) is 24.5 Å². The first-order valence-corrected chi connectivity index (χ1v) is 7.77. The van der Waals surface area contributed by atoms with Crippen LogP contribution in [0.2, 0.25) is 0 Å². The fourth-order valence-corrected chi connectivity index (χ4v) is 3.24. The molecule has 2 aliphatic heterocycles. The summed E-state index contributed by atoms with van der Waals surface area (Å²) >= 11 is 0. The van der Waals surface area contributed by atoms with Crippen LogP contribution in [0.5, 0.6) is 0 Å². The minimum atomic E-state index is 0.220. The topological polar surface area (TPSA) is 50.4 Å². The van der Waals surface area contributed by atoms with E-state index in [0.717, 1.165) is 32.5 Å². The molecule has 0 aromatic heterocycles. The number of carbonyl (C=O) groups is 1. The molecule has 2 heterocycles. The van der Waals surface area contributed by atoms with E-state index in [1.165, 1.54) is 12.8 Å². The molecule has 4 unspecified atom stereocenters. The molecule has 4 heteroatoms. The predicted octanol–water partition coefficient (Wildman–Crippen LogP) is 1.70. The van der Waals surface area contributed by atoms with Crippen molar-refractivity contribution in [1.82, 2.24) is 10.6 Å². The zero-order valence-corrected chi connectivity index (χ0v) is 12.3. The molecule has 2 fully saturated rings. The molecule has 4 atom stereocenters. The lowest BCUT2D eigenvalue weighted by molar-refractivity contribution is -0.124. The largest absolute Gasteiger partial charge is 0.378 e. The van der Waals surface area contributed by atoms with Gasteiger partial charge in [0.15, 0.2) is 0 Å². The highest BCUT2D eigenvalue weighted by Crippen LogP contribution is 2.22. The van der Waals surface area contributed by atoms with Gasteiger partial charge in [-0.25, -0.2) is 0 Å². The second-order valence-electron chi connectivity index (χ2n) is 6.26. The normalized spacial score (nSPS) is 33.7. The van der Waals surface area contributed by atoms with Crippen LogP contribution < -0.4 is 10.6 Å². The summed E-state index contributed by atoms with van der Waals surface area (Å²) in [5, 5.41) is 6.61. The number of rotatable bonds is 4. The molecule has 110 valence electrons. The number of amides is 1. The van der Waals surface area contributed by atoms with Gasteiger partial charge in [-0.1, -0.05) is 6.92 Å². The zero-order chi connectivity index (χ0) is 13.7. The van der Waals surface area contributed by atoms with Crippen molar-refractivity contribution >= 4 is 5.91 Å². The maximum atomic E-state index is 12.1. The third kappa shape index (κ3) is 4.77. The Balaban J connectivity index is 1.70. The van der Waals surface area contributed by atoms with Crippen LogP contribution in [0.4, 0.5) is 0 Å². The molecular formula is C15H28N2O2. The van der Waals surface area contributed by atoms with Crippen LogP contribution in [-0.4, -0.2) is 37.7 Å². The molecular weight excluding hydrogens is 240 g/mol. The summed E-state index contributed by atoms with van der Waals surface area (Å²) in [4.78, 5) is 12.1. The molecule has 4 nitrogen and oxygen atoms in total. The van der Waals surface area contributed by atoms with Gasteiger partial charge in [-0.2, -0.15) is 0 Å². The first-order chi connectivity index (χ1) is 9.15. The Morgan fingerprint density at radius 2 is 2.32 bits per heavy atom. The van der Waals surface area contributed by atoms with Gasteiger partial charge in [0.05, 0.1) is 6.10 Å². The first-order valence-electron chi connectivity index (χ1n) is 7.77. The number of ether oxygens (including phenoxy) is 1. The number of carbonyl (C=O) groups excluding carboxylic acids is 1. The lowest BCUT2D eigenvalue weighted by atomic mass is 9.85. The second kappa shape index (κ2) is 7.25. The van der Waals surface area contributed by atoms with E-state index in [4.69, 9.17) is 4.74 Å². The van der Waals surface area contributed by atoms with Crippen LogP contribution in [-0.2, 0) is 9.53 Å². The standard InChI is InChI=1S/C15H28N2O2/c1-11(13-4-3-6-16-10-13)8-15(18)17-14-5-7-19-12(2)9-14/h11-14,16H,3-10H2,1-2H3,(H,17,18). The molecule has 0 aromatic carbocycles. The maximum absolute atomic E-state index is 12.1. The van der Waals surface area contributed by atoms with E-state index in [1.807, 2.05) is 0 Å². The van der Waals surface area contributed by atoms with Gasteiger partial charge in [-0.05, 0) is 57.5 Å². The van der Waals surface area contributed by atoms with E-state index in [1.54, 1.807) is 0 Å². The van der Waals surface area contributed by atoms with Gasteiger partial charge in [0.2, 0.25) is 5.91 Å². The lowest BCUT2D eigenvalue weighted by Gasteiger charge is -2.30. The van der Waals surface area contributed by atoms with Gasteiger partial charge < -0.3 is 15.4 Å². The molecule has 0 spiro atoms.